The maximum absolute atomic E-state index is 12.2. The van der Waals surface area contributed by atoms with E-state index in [4.69, 9.17) is 28.3 Å². The van der Waals surface area contributed by atoms with Crippen LogP contribution in [0.15, 0.2) is 85.9 Å². The molecular formula is C32H41Cl2N5O. The van der Waals surface area contributed by atoms with Gasteiger partial charge in [0.15, 0.2) is 0 Å². The first-order valence-electron chi connectivity index (χ1n) is 13.6. The monoisotopic (exact) mass is 581 g/mol. The molecule has 3 rings (SSSR count). The van der Waals surface area contributed by atoms with Crippen LogP contribution in [0, 0.1) is 0 Å². The van der Waals surface area contributed by atoms with Crippen molar-refractivity contribution >= 4 is 35.3 Å². The number of hydrogen-bond acceptors (Lipinski definition) is 4. The standard InChI is InChI=1S/C25H27Cl2N5O.C5H8.C2H6/c1-2-3-4-5-13-32-23(17-24(31-32)19-14-20(26)16-21(27)15-19)7-6-8-25(33)30-10-9-22-18-28-11-12-29-22;1-3-5-4-2;1-2/h3-5,11-18H,2,6-10H2,1H3,(H,30,33);3-5H,1H2,2H3;1-2H3/b4-3+,13-5+;5-4+;. The number of nitrogens with one attached hydrogen (secondary N) is 1. The average Bonchev–Trinajstić information content (AvgIpc) is 3.36. The van der Waals surface area contributed by atoms with Gasteiger partial charge in [0, 0.05) is 65.5 Å². The molecule has 3 aromatic rings. The van der Waals surface area contributed by atoms with E-state index in [1.54, 1.807) is 30.7 Å². The quantitative estimate of drug-likeness (QED) is 0.217. The third kappa shape index (κ3) is 14.1. The van der Waals surface area contributed by atoms with Crippen molar-refractivity contribution in [2.75, 3.05) is 6.54 Å². The average molecular weight is 583 g/mol. The van der Waals surface area contributed by atoms with E-state index in [0.717, 1.165) is 29.1 Å². The lowest BCUT2D eigenvalue weighted by Gasteiger charge is -2.05. The minimum absolute atomic E-state index is 0.0215. The Balaban J connectivity index is 0.00000103. The largest absolute Gasteiger partial charge is 0.356 e. The number of benzene rings is 1. The lowest BCUT2D eigenvalue weighted by molar-refractivity contribution is -0.121. The van der Waals surface area contributed by atoms with Gasteiger partial charge in [0.05, 0.1) is 11.4 Å². The number of carbonyl (C=O) groups excluding carboxylic acids is 1. The summed E-state index contributed by atoms with van der Waals surface area (Å²) in [6.45, 7) is 12.1. The summed E-state index contributed by atoms with van der Waals surface area (Å²) in [5, 5.41) is 8.78. The molecule has 0 spiro atoms. The zero-order valence-electron chi connectivity index (χ0n) is 24.0. The first-order chi connectivity index (χ1) is 19.5. The Hall–Kier alpha value is -3.48. The molecule has 0 atom stereocenters. The molecule has 8 heteroatoms. The van der Waals surface area contributed by atoms with Crippen LogP contribution in [-0.4, -0.2) is 32.2 Å². The van der Waals surface area contributed by atoms with Gasteiger partial charge in [-0.1, -0.05) is 80.9 Å². The van der Waals surface area contributed by atoms with Crippen LogP contribution in [-0.2, 0) is 17.6 Å². The van der Waals surface area contributed by atoms with Crippen LogP contribution in [0.4, 0.5) is 0 Å². The van der Waals surface area contributed by atoms with Crippen molar-refractivity contribution in [3.63, 3.8) is 0 Å². The van der Waals surface area contributed by atoms with Gasteiger partial charge in [0.25, 0.3) is 0 Å². The van der Waals surface area contributed by atoms with E-state index in [9.17, 15) is 4.79 Å². The summed E-state index contributed by atoms with van der Waals surface area (Å²) < 4.78 is 1.84. The molecule has 0 aliphatic rings. The van der Waals surface area contributed by atoms with Crippen molar-refractivity contribution in [1.29, 1.82) is 0 Å². The fraction of sp³-hybridized carbons (Fsp3) is 0.312. The van der Waals surface area contributed by atoms with Crippen LogP contribution < -0.4 is 5.32 Å². The lowest BCUT2D eigenvalue weighted by atomic mass is 10.1. The molecule has 2 heterocycles. The highest BCUT2D eigenvalue weighted by atomic mass is 35.5. The third-order valence-corrected chi connectivity index (χ3v) is 5.60. The number of rotatable bonds is 12. The van der Waals surface area contributed by atoms with Crippen LogP contribution >= 0.6 is 23.2 Å². The summed E-state index contributed by atoms with van der Waals surface area (Å²) >= 11 is 12.3. The van der Waals surface area contributed by atoms with Crippen LogP contribution in [0.2, 0.25) is 10.0 Å². The molecule has 1 aromatic carbocycles. The fourth-order valence-electron chi connectivity index (χ4n) is 3.38. The highest BCUT2D eigenvalue weighted by Gasteiger charge is 2.11. The number of hydrogen-bond donors (Lipinski definition) is 1. The first kappa shape index (κ1) is 34.5. The summed E-state index contributed by atoms with van der Waals surface area (Å²) in [5.41, 5.74) is 3.51. The smallest absolute Gasteiger partial charge is 0.220 e. The third-order valence-electron chi connectivity index (χ3n) is 5.17. The van der Waals surface area contributed by atoms with Crippen LogP contribution in [0.25, 0.3) is 17.5 Å². The number of amides is 1. The highest BCUT2D eigenvalue weighted by Crippen LogP contribution is 2.27. The van der Waals surface area contributed by atoms with Gasteiger partial charge in [0.1, 0.15) is 0 Å². The van der Waals surface area contributed by atoms with Crippen molar-refractivity contribution < 1.29 is 4.79 Å². The number of carbonyl (C=O) groups is 1. The maximum Gasteiger partial charge on any atom is 0.220 e. The zero-order chi connectivity index (χ0) is 29.6. The summed E-state index contributed by atoms with van der Waals surface area (Å²) in [7, 11) is 0. The Labute approximate surface area is 249 Å². The SMILES string of the molecule is C=C/C=C/C.CC.CC/C=C/C=C/n1nc(-c2cc(Cl)cc(Cl)c2)cc1CCCC(=O)NCCc1cnccn1. The van der Waals surface area contributed by atoms with Gasteiger partial charge < -0.3 is 5.32 Å². The van der Waals surface area contributed by atoms with E-state index in [1.807, 2.05) is 74.2 Å². The van der Waals surface area contributed by atoms with Crippen LogP contribution in [0.5, 0.6) is 0 Å². The molecular weight excluding hydrogens is 541 g/mol. The number of nitrogens with zero attached hydrogens (tertiary/aromatic N) is 4. The number of aryl methyl sites for hydroxylation is 1. The van der Waals surface area contributed by atoms with Gasteiger partial charge in [-0.15, -0.1) is 0 Å². The summed E-state index contributed by atoms with van der Waals surface area (Å²) in [5.74, 6) is 0.0215. The minimum atomic E-state index is 0.0215. The predicted molar refractivity (Wildman–Crippen MR) is 170 cm³/mol. The van der Waals surface area contributed by atoms with Gasteiger partial charge >= 0.3 is 0 Å². The first-order valence-corrected chi connectivity index (χ1v) is 14.4. The molecule has 40 heavy (non-hydrogen) atoms. The number of aromatic nitrogens is 4. The second-order valence-corrected chi connectivity index (χ2v) is 9.09. The predicted octanol–water partition coefficient (Wildman–Crippen LogP) is 8.54. The Bertz CT molecular complexity index is 1210. The molecule has 6 nitrogen and oxygen atoms in total. The Kier molecular flexibility index (Phi) is 18.4. The van der Waals surface area contributed by atoms with Crippen molar-refractivity contribution in [3.8, 4) is 11.3 Å². The molecule has 0 saturated heterocycles. The maximum atomic E-state index is 12.2. The van der Waals surface area contributed by atoms with Gasteiger partial charge in [-0.3, -0.25) is 14.8 Å². The zero-order valence-corrected chi connectivity index (χ0v) is 25.5. The van der Waals surface area contributed by atoms with E-state index in [0.29, 0.717) is 42.3 Å². The van der Waals surface area contributed by atoms with E-state index < -0.39 is 0 Å². The molecule has 0 radical (unpaired) electrons. The molecule has 0 fully saturated rings. The molecule has 0 saturated carbocycles. The van der Waals surface area contributed by atoms with Crippen molar-refractivity contribution in [1.82, 2.24) is 25.1 Å². The molecule has 1 N–H and O–H groups in total. The molecule has 0 aliphatic carbocycles. The molecule has 2 aromatic heterocycles. The van der Waals surface area contributed by atoms with E-state index >= 15 is 0 Å². The van der Waals surface area contributed by atoms with Gasteiger partial charge in [-0.05, 0) is 56.5 Å². The number of allylic oxidation sites excluding steroid dienone is 6. The van der Waals surface area contributed by atoms with Crippen LogP contribution in [0.1, 0.15) is 58.3 Å². The molecule has 1 amide bonds. The Morgan fingerprint density at radius 2 is 1.80 bits per heavy atom. The molecule has 0 aliphatic heterocycles. The van der Waals surface area contributed by atoms with Crippen molar-refractivity contribution in [2.24, 2.45) is 0 Å². The van der Waals surface area contributed by atoms with E-state index in [-0.39, 0.29) is 5.91 Å². The molecule has 214 valence electrons. The number of halogens is 2. The topological polar surface area (TPSA) is 72.7 Å². The van der Waals surface area contributed by atoms with Gasteiger partial charge in [0.2, 0.25) is 5.91 Å². The van der Waals surface area contributed by atoms with Gasteiger partial charge in [-0.25, -0.2) is 4.68 Å². The second kappa shape index (κ2) is 21.4. The summed E-state index contributed by atoms with van der Waals surface area (Å²) in [4.78, 5) is 20.5. The normalized spacial score (nSPS) is 10.8. The Morgan fingerprint density at radius 3 is 2.40 bits per heavy atom. The van der Waals surface area contributed by atoms with Crippen molar-refractivity contribution in [2.45, 2.75) is 59.8 Å². The van der Waals surface area contributed by atoms with E-state index in [1.165, 1.54) is 0 Å². The van der Waals surface area contributed by atoms with Gasteiger partial charge in [-0.2, -0.15) is 5.10 Å². The fourth-order valence-corrected chi connectivity index (χ4v) is 3.91. The van der Waals surface area contributed by atoms with E-state index in [2.05, 4.69) is 34.9 Å². The second-order valence-electron chi connectivity index (χ2n) is 8.21. The highest BCUT2D eigenvalue weighted by molar-refractivity contribution is 6.35. The molecule has 0 bridgehead atoms. The van der Waals surface area contributed by atoms with Crippen molar-refractivity contribution in [3.05, 3.63) is 107 Å². The summed E-state index contributed by atoms with van der Waals surface area (Å²) in [6.07, 6.45) is 22.0. The minimum Gasteiger partial charge on any atom is -0.356 e. The molecule has 0 unspecified atom stereocenters. The Morgan fingerprint density at radius 1 is 1.05 bits per heavy atom. The lowest BCUT2D eigenvalue weighted by Crippen LogP contribution is -2.25. The van der Waals surface area contributed by atoms with Crippen LogP contribution in [0.3, 0.4) is 0 Å². The summed E-state index contributed by atoms with van der Waals surface area (Å²) in [6, 6.07) is 7.40.